The first-order valence-corrected chi connectivity index (χ1v) is 9.03. The molecule has 27 heavy (non-hydrogen) atoms. The number of ether oxygens (including phenoxy) is 3. The lowest BCUT2D eigenvalue weighted by Crippen LogP contribution is -2.68. The zero-order valence-corrected chi connectivity index (χ0v) is 15.1. The number of esters is 1. The minimum absolute atomic E-state index is 0.00823. The van der Waals surface area contributed by atoms with Crippen molar-refractivity contribution >= 4 is 12.1 Å². The van der Waals surface area contributed by atoms with Gasteiger partial charge in [0.15, 0.2) is 0 Å². The van der Waals surface area contributed by atoms with E-state index in [4.69, 9.17) is 14.2 Å². The molecule has 2 heterocycles. The number of fused-ring (bicyclic) bond motifs is 2. The third kappa shape index (κ3) is 4.21. The van der Waals surface area contributed by atoms with Crippen molar-refractivity contribution in [3.63, 3.8) is 0 Å². The number of carbonyl (C=O) groups excluding carboxylic acids is 2. The highest BCUT2D eigenvalue weighted by Gasteiger charge is 2.59. The van der Waals surface area contributed by atoms with Gasteiger partial charge in [0.05, 0.1) is 32.3 Å². The molecular formula is C19H23F2NO5. The van der Waals surface area contributed by atoms with Crippen LogP contribution in [0.3, 0.4) is 0 Å². The summed E-state index contributed by atoms with van der Waals surface area (Å²) in [5.41, 5.74) is 0.774. The summed E-state index contributed by atoms with van der Waals surface area (Å²) in [5, 5.41) is 0. The lowest BCUT2D eigenvalue weighted by molar-refractivity contribution is -0.212. The summed E-state index contributed by atoms with van der Waals surface area (Å²) in [6, 6.07) is 7.02. The quantitative estimate of drug-likeness (QED) is 0.732. The normalized spacial score (nSPS) is 26.3. The summed E-state index contributed by atoms with van der Waals surface area (Å²) in [6.07, 6.45) is -1.20. The SMILES string of the molecule is CCOC(=O)C[C@H]1CC2COCC(N2C(=O)OCc2ccccc2)C1(F)F. The van der Waals surface area contributed by atoms with E-state index in [2.05, 4.69) is 0 Å². The van der Waals surface area contributed by atoms with Gasteiger partial charge in [0.1, 0.15) is 12.6 Å². The maximum atomic E-state index is 15.0. The third-order valence-corrected chi connectivity index (χ3v) is 4.99. The first kappa shape index (κ1) is 19.5. The molecule has 2 fully saturated rings. The number of morpholine rings is 1. The summed E-state index contributed by atoms with van der Waals surface area (Å²) in [7, 11) is 0. The van der Waals surface area contributed by atoms with E-state index >= 15 is 0 Å². The lowest BCUT2D eigenvalue weighted by Gasteiger charge is -2.51. The molecule has 0 aliphatic carbocycles. The van der Waals surface area contributed by atoms with Crippen LogP contribution in [0.25, 0.3) is 0 Å². The van der Waals surface area contributed by atoms with Crippen LogP contribution >= 0.6 is 0 Å². The van der Waals surface area contributed by atoms with Gasteiger partial charge in [-0.1, -0.05) is 30.3 Å². The van der Waals surface area contributed by atoms with Gasteiger partial charge in [0.25, 0.3) is 5.92 Å². The number of rotatable bonds is 5. The van der Waals surface area contributed by atoms with Crippen molar-refractivity contribution in [3.8, 4) is 0 Å². The predicted octanol–water partition coefficient (Wildman–Crippen LogP) is 3.00. The van der Waals surface area contributed by atoms with Crippen molar-refractivity contribution in [3.05, 3.63) is 35.9 Å². The van der Waals surface area contributed by atoms with Gasteiger partial charge in [0.2, 0.25) is 0 Å². The van der Waals surface area contributed by atoms with Gasteiger partial charge in [-0.15, -0.1) is 0 Å². The second-order valence-corrected chi connectivity index (χ2v) is 6.77. The van der Waals surface area contributed by atoms with Crippen LogP contribution in [0.15, 0.2) is 30.3 Å². The van der Waals surface area contributed by atoms with Gasteiger partial charge in [-0.3, -0.25) is 9.69 Å². The first-order chi connectivity index (χ1) is 12.9. The second-order valence-electron chi connectivity index (χ2n) is 6.77. The fraction of sp³-hybridized carbons (Fsp3) is 0.579. The smallest absolute Gasteiger partial charge is 0.410 e. The van der Waals surface area contributed by atoms with Crippen LogP contribution in [0.2, 0.25) is 0 Å². The Morgan fingerprint density at radius 1 is 1.22 bits per heavy atom. The molecule has 6 nitrogen and oxygen atoms in total. The number of amides is 1. The molecule has 2 aliphatic heterocycles. The van der Waals surface area contributed by atoms with Crippen LogP contribution in [0.4, 0.5) is 13.6 Å². The number of alkyl halides is 2. The molecule has 148 valence electrons. The van der Waals surface area contributed by atoms with E-state index in [0.29, 0.717) is 0 Å². The summed E-state index contributed by atoms with van der Waals surface area (Å²) in [5.74, 6) is -5.11. The van der Waals surface area contributed by atoms with E-state index in [1.54, 1.807) is 31.2 Å². The van der Waals surface area contributed by atoms with Gasteiger partial charge < -0.3 is 14.2 Å². The van der Waals surface area contributed by atoms with Gasteiger partial charge in [-0.25, -0.2) is 13.6 Å². The van der Waals surface area contributed by atoms with Crippen LogP contribution < -0.4 is 0 Å². The van der Waals surface area contributed by atoms with Crippen LogP contribution in [0.1, 0.15) is 25.3 Å². The fourth-order valence-electron chi connectivity index (χ4n) is 3.68. The van der Waals surface area contributed by atoms with Gasteiger partial charge in [-0.05, 0) is 18.9 Å². The van der Waals surface area contributed by atoms with Crippen LogP contribution in [-0.4, -0.2) is 54.8 Å². The summed E-state index contributed by atoms with van der Waals surface area (Å²) >= 11 is 0. The Balaban J connectivity index is 1.70. The molecule has 1 amide bonds. The molecule has 3 atom stereocenters. The zero-order valence-electron chi connectivity index (χ0n) is 15.1. The summed E-state index contributed by atoms with van der Waals surface area (Å²) < 4.78 is 45.3. The number of halogens is 2. The molecular weight excluding hydrogens is 360 g/mol. The van der Waals surface area contributed by atoms with Crippen molar-refractivity contribution in [2.75, 3.05) is 19.8 Å². The largest absolute Gasteiger partial charge is 0.466 e. The number of nitrogens with zero attached hydrogens (tertiary/aromatic N) is 1. The predicted molar refractivity (Wildman–Crippen MR) is 91.2 cm³/mol. The van der Waals surface area contributed by atoms with E-state index in [9.17, 15) is 18.4 Å². The molecule has 2 aliphatic rings. The van der Waals surface area contributed by atoms with E-state index in [1.165, 1.54) is 0 Å². The standard InChI is InChI=1S/C19H23F2NO5/c1-2-26-17(23)9-14-8-15-11-25-12-16(19(14,20)21)22(15)18(24)27-10-13-6-4-3-5-7-13/h3-7,14-16H,2,8-12H2,1H3/t14-,15?,16?/m1/s1. The zero-order chi connectivity index (χ0) is 19.4. The molecule has 2 saturated heterocycles. The molecule has 0 spiro atoms. The molecule has 0 radical (unpaired) electrons. The van der Waals surface area contributed by atoms with Gasteiger partial charge in [-0.2, -0.15) is 0 Å². The monoisotopic (exact) mass is 383 g/mol. The van der Waals surface area contributed by atoms with Crippen LogP contribution in [0, 0.1) is 5.92 Å². The van der Waals surface area contributed by atoms with Crippen LogP contribution in [-0.2, 0) is 25.6 Å². The highest BCUT2D eigenvalue weighted by molar-refractivity contribution is 5.71. The van der Waals surface area contributed by atoms with E-state index in [-0.39, 0.29) is 39.3 Å². The average Bonchev–Trinajstić information content (AvgIpc) is 2.65. The Morgan fingerprint density at radius 2 is 1.96 bits per heavy atom. The highest BCUT2D eigenvalue weighted by atomic mass is 19.3. The van der Waals surface area contributed by atoms with Crippen molar-refractivity contribution in [2.24, 2.45) is 5.92 Å². The Morgan fingerprint density at radius 3 is 2.67 bits per heavy atom. The molecule has 0 saturated carbocycles. The number of hydrogen-bond acceptors (Lipinski definition) is 5. The van der Waals surface area contributed by atoms with E-state index in [1.807, 2.05) is 6.07 Å². The molecule has 1 aromatic rings. The second kappa shape index (κ2) is 8.21. The number of hydrogen-bond donors (Lipinski definition) is 0. The Kier molecular flexibility index (Phi) is 5.94. The number of benzene rings is 1. The molecule has 0 N–H and O–H groups in total. The van der Waals surface area contributed by atoms with Crippen LogP contribution in [0.5, 0.6) is 0 Å². The molecule has 8 heteroatoms. The minimum Gasteiger partial charge on any atom is -0.466 e. The first-order valence-electron chi connectivity index (χ1n) is 9.03. The minimum atomic E-state index is -3.27. The topological polar surface area (TPSA) is 65.1 Å². The van der Waals surface area contributed by atoms with Crippen molar-refractivity contribution in [2.45, 2.75) is 44.4 Å². The van der Waals surface area contributed by atoms with Gasteiger partial charge in [0, 0.05) is 5.92 Å². The third-order valence-electron chi connectivity index (χ3n) is 4.99. The lowest BCUT2D eigenvalue weighted by atomic mass is 9.80. The molecule has 2 bridgehead atoms. The average molecular weight is 383 g/mol. The molecule has 3 rings (SSSR count). The Hall–Kier alpha value is -2.22. The van der Waals surface area contributed by atoms with E-state index < -0.39 is 36.0 Å². The Labute approximate surface area is 156 Å². The summed E-state index contributed by atoms with van der Waals surface area (Å²) in [6.45, 7) is 1.64. The molecule has 2 unspecified atom stereocenters. The van der Waals surface area contributed by atoms with Gasteiger partial charge >= 0.3 is 12.1 Å². The Bertz CT molecular complexity index is 669. The number of carbonyl (C=O) groups is 2. The molecule has 0 aromatic heterocycles. The fourth-order valence-corrected chi connectivity index (χ4v) is 3.68. The summed E-state index contributed by atoms with van der Waals surface area (Å²) in [4.78, 5) is 25.3. The van der Waals surface area contributed by atoms with E-state index in [0.717, 1.165) is 10.5 Å². The number of piperidine rings is 1. The molecule has 1 aromatic carbocycles. The maximum Gasteiger partial charge on any atom is 0.410 e. The highest BCUT2D eigenvalue weighted by Crippen LogP contribution is 2.44. The van der Waals surface area contributed by atoms with Crippen molar-refractivity contribution < 1.29 is 32.6 Å². The maximum absolute atomic E-state index is 15.0. The van der Waals surface area contributed by atoms with Crippen molar-refractivity contribution in [1.82, 2.24) is 4.90 Å². The van der Waals surface area contributed by atoms with Crippen molar-refractivity contribution in [1.29, 1.82) is 0 Å².